The van der Waals surface area contributed by atoms with Crippen LogP contribution in [0, 0.1) is 24.2 Å². The van der Waals surface area contributed by atoms with Gasteiger partial charge in [0.1, 0.15) is 5.92 Å². The quantitative estimate of drug-likeness (QED) is 0.627. The molecule has 2 aromatic carbocycles. The third kappa shape index (κ3) is 5.47. The maximum atomic E-state index is 12.3. The van der Waals surface area contributed by atoms with Crippen molar-refractivity contribution >= 4 is 61.8 Å². The Hall–Kier alpha value is -2.14. The number of hydrogen-bond donors (Lipinski definition) is 1. The SMILES string of the molecule is Cc1ccc([C@@H]2CC(=O)N=C(SCC(=O)Nc3ccc(Br)cc3Cl)[C@@H]2C#N)cc1. The van der Waals surface area contributed by atoms with E-state index in [1.807, 2.05) is 31.2 Å². The van der Waals surface area contributed by atoms with E-state index in [1.165, 1.54) is 0 Å². The first-order chi connectivity index (χ1) is 13.9. The molecule has 0 spiro atoms. The molecule has 3 rings (SSSR count). The van der Waals surface area contributed by atoms with Crippen molar-refractivity contribution in [3.63, 3.8) is 0 Å². The Labute approximate surface area is 186 Å². The Morgan fingerprint density at radius 3 is 2.72 bits per heavy atom. The van der Waals surface area contributed by atoms with Gasteiger partial charge < -0.3 is 5.32 Å². The van der Waals surface area contributed by atoms with Crippen molar-refractivity contribution in [3.05, 3.63) is 63.1 Å². The molecule has 2 aromatic rings. The summed E-state index contributed by atoms with van der Waals surface area (Å²) < 4.78 is 0.809. The zero-order valence-corrected chi connectivity index (χ0v) is 18.6. The summed E-state index contributed by atoms with van der Waals surface area (Å²) in [5.41, 5.74) is 2.53. The van der Waals surface area contributed by atoms with Gasteiger partial charge in [0.2, 0.25) is 11.8 Å². The lowest BCUT2D eigenvalue weighted by molar-refractivity contribution is -0.118. The molecule has 5 nitrogen and oxygen atoms in total. The number of nitrogens with one attached hydrogen (secondary N) is 1. The minimum atomic E-state index is -0.565. The van der Waals surface area contributed by atoms with Crippen molar-refractivity contribution < 1.29 is 9.59 Å². The van der Waals surface area contributed by atoms with Gasteiger partial charge in [-0.3, -0.25) is 9.59 Å². The van der Waals surface area contributed by atoms with Crippen molar-refractivity contribution in [3.8, 4) is 6.07 Å². The summed E-state index contributed by atoms with van der Waals surface area (Å²) in [5, 5.41) is 13.2. The van der Waals surface area contributed by atoms with E-state index in [0.29, 0.717) is 15.8 Å². The predicted octanol–water partition coefficient (Wildman–Crippen LogP) is 5.34. The Morgan fingerprint density at radius 2 is 2.07 bits per heavy atom. The molecule has 8 heteroatoms. The Bertz CT molecular complexity index is 1020. The average molecular weight is 491 g/mol. The zero-order chi connectivity index (χ0) is 21.0. The lowest BCUT2D eigenvalue weighted by Crippen LogP contribution is -2.28. The molecule has 0 fully saturated rings. The van der Waals surface area contributed by atoms with E-state index in [9.17, 15) is 14.9 Å². The van der Waals surface area contributed by atoms with Crippen LogP contribution in [-0.4, -0.2) is 22.6 Å². The fraction of sp³-hybridized carbons (Fsp3) is 0.238. The van der Waals surface area contributed by atoms with Crippen molar-refractivity contribution in [2.24, 2.45) is 10.9 Å². The van der Waals surface area contributed by atoms with Gasteiger partial charge in [-0.1, -0.05) is 69.1 Å². The lowest BCUT2D eigenvalue weighted by Gasteiger charge is -2.26. The number of thioether (sulfide) groups is 1. The smallest absolute Gasteiger partial charge is 0.247 e. The van der Waals surface area contributed by atoms with Crippen molar-refractivity contribution in [1.82, 2.24) is 0 Å². The summed E-state index contributed by atoms with van der Waals surface area (Å²) in [4.78, 5) is 28.5. The molecule has 0 aromatic heterocycles. The maximum absolute atomic E-state index is 12.3. The number of nitrogens with zero attached hydrogens (tertiary/aromatic N) is 2. The minimum absolute atomic E-state index is 0.0251. The molecule has 0 aliphatic carbocycles. The van der Waals surface area contributed by atoms with Crippen LogP contribution in [0.1, 0.15) is 23.5 Å². The predicted molar refractivity (Wildman–Crippen MR) is 120 cm³/mol. The van der Waals surface area contributed by atoms with Crippen molar-refractivity contribution in [2.45, 2.75) is 19.3 Å². The van der Waals surface area contributed by atoms with Crippen LogP contribution >= 0.6 is 39.3 Å². The summed E-state index contributed by atoms with van der Waals surface area (Å²) in [6.45, 7) is 1.98. The second kappa shape index (κ2) is 9.57. The molecule has 0 bridgehead atoms. The van der Waals surface area contributed by atoms with Crippen LogP contribution in [-0.2, 0) is 9.59 Å². The lowest BCUT2D eigenvalue weighted by atomic mass is 9.83. The van der Waals surface area contributed by atoms with Crippen molar-refractivity contribution in [2.75, 3.05) is 11.1 Å². The van der Waals surface area contributed by atoms with Gasteiger partial charge in [-0.2, -0.15) is 5.26 Å². The summed E-state index contributed by atoms with van der Waals surface area (Å²) in [6, 6.07) is 15.2. The zero-order valence-electron chi connectivity index (χ0n) is 15.5. The van der Waals surface area contributed by atoms with E-state index < -0.39 is 5.92 Å². The van der Waals surface area contributed by atoms with Crippen molar-refractivity contribution in [1.29, 1.82) is 5.26 Å². The van der Waals surface area contributed by atoms with E-state index in [1.54, 1.807) is 18.2 Å². The number of benzene rings is 2. The third-order valence-corrected chi connectivity index (χ3v) is 6.35. The highest BCUT2D eigenvalue weighted by Gasteiger charge is 2.34. The number of nitriles is 1. The molecular formula is C21H17BrClN3O2S. The number of carbonyl (C=O) groups is 2. The standard InChI is InChI=1S/C21H17BrClN3O2S/c1-12-2-4-13(5-3-12)15-9-19(27)26-21(16(15)10-24)29-11-20(28)25-18-7-6-14(22)8-17(18)23/h2-8,15-16H,9,11H2,1H3,(H,25,28)/t15-,16+/m0/s1. The number of halogens is 2. The Morgan fingerprint density at radius 1 is 1.34 bits per heavy atom. The molecule has 1 N–H and O–H groups in total. The number of aliphatic imine (C=N–C) groups is 1. The number of carbonyl (C=O) groups excluding carboxylic acids is 2. The highest BCUT2D eigenvalue weighted by molar-refractivity contribution is 9.10. The van der Waals surface area contributed by atoms with Crippen LogP contribution in [0.15, 0.2) is 51.9 Å². The van der Waals surface area contributed by atoms with Crippen LogP contribution in [0.25, 0.3) is 0 Å². The van der Waals surface area contributed by atoms with Gasteiger partial charge in [-0.15, -0.1) is 0 Å². The molecule has 1 aliphatic rings. The van der Waals surface area contributed by atoms with E-state index in [2.05, 4.69) is 32.3 Å². The third-order valence-electron chi connectivity index (χ3n) is 4.50. The molecule has 0 saturated heterocycles. The molecule has 148 valence electrons. The van der Waals surface area contributed by atoms with Gasteiger partial charge in [0, 0.05) is 16.8 Å². The van der Waals surface area contributed by atoms with Gasteiger partial charge >= 0.3 is 0 Å². The van der Waals surface area contributed by atoms with Gasteiger partial charge in [0.15, 0.2) is 0 Å². The van der Waals surface area contributed by atoms with Gasteiger partial charge in [0.05, 0.1) is 27.6 Å². The average Bonchev–Trinajstić information content (AvgIpc) is 2.68. The maximum Gasteiger partial charge on any atom is 0.247 e. The molecule has 2 amide bonds. The molecule has 1 heterocycles. The number of aryl methyl sites for hydroxylation is 1. The van der Waals surface area contributed by atoms with Crippen LogP contribution in [0.4, 0.5) is 5.69 Å². The topological polar surface area (TPSA) is 82.3 Å². The number of amides is 2. The highest BCUT2D eigenvalue weighted by Crippen LogP contribution is 2.36. The Kier molecular flexibility index (Phi) is 7.12. The minimum Gasteiger partial charge on any atom is -0.324 e. The summed E-state index contributed by atoms with van der Waals surface area (Å²) in [5.74, 6) is -1.37. The summed E-state index contributed by atoms with van der Waals surface area (Å²) in [6.07, 6.45) is 0.187. The normalized spacial score (nSPS) is 18.7. The first-order valence-electron chi connectivity index (χ1n) is 8.82. The second-order valence-electron chi connectivity index (χ2n) is 6.63. The van der Waals surface area contributed by atoms with E-state index >= 15 is 0 Å². The molecule has 1 aliphatic heterocycles. The monoisotopic (exact) mass is 489 g/mol. The van der Waals surface area contributed by atoms with Crippen LogP contribution < -0.4 is 5.32 Å². The van der Waals surface area contributed by atoms with Crippen LogP contribution in [0.5, 0.6) is 0 Å². The molecule has 2 atom stereocenters. The van der Waals surface area contributed by atoms with E-state index in [4.69, 9.17) is 11.6 Å². The van der Waals surface area contributed by atoms with E-state index in [0.717, 1.165) is 27.4 Å². The molecular weight excluding hydrogens is 474 g/mol. The van der Waals surface area contributed by atoms with Gasteiger partial charge in [-0.25, -0.2) is 4.99 Å². The van der Waals surface area contributed by atoms with Crippen LogP contribution in [0.2, 0.25) is 5.02 Å². The largest absolute Gasteiger partial charge is 0.324 e. The fourth-order valence-corrected chi connectivity index (χ4v) is 4.66. The van der Waals surface area contributed by atoms with Gasteiger partial charge in [-0.05, 0) is 30.7 Å². The van der Waals surface area contributed by atoms with Gasteiger partial charge in [0.25, 0.3) is 0 Å². The molecule has 0 radical (unpaired) electrons. The first kappa shape index (κ1) is 21.6. The number of rotatable bonds is 4. The highest BCUT2D eigenvalue weighted by atomic mass is 79.9. The van der Waals surface area contributed by atoms with E-state index in [-0.39, 0.29) is 29.9 Å². The fourth-order valence-electron chi connectivity index (χ4n) is 3.02. The summed E-state index contributed by atoms with van der Waals surface area (Å²) >= 11 is 10.6. The van der Waals surface area contributed by atoms with Crippen LogP contribution in [0.3, 0.4) is 0 Å². The summed E-state index contributed by atoms with van der Waals surface area (Å²) in [7, 11) is 0. The Balaban J connectivity index is 1.70. The first-order valence-corrected chi connectivity index (χ1v) is 11.0. The number of hydrogen-bond acceptors (Lipinski definition) is 4. The molecule has 0 unspecified atom stereocenters. The second-order valence-corrected chi connectivity index (χ2v) is 8.95. The number of anilines is 1. The molecule has 0 saturated carbocycles. The molecule has 29 heavy (non-hydrogen) atoms.